The Labute approximate surface area is 219 Å². The molecule has 3 aromatic carbocycles. The molecule has 1 aliphatic rings. The molecule has 0 aliphatic heterocycles. The number of anilines is 1. The average molecular weight is 539 g/mol. The zero-order chi connectivity index (χ0) is 27.1. The molecule has 4 aromatic rings. The van der Waals surface area contributed by atoms with Gasteiger partial charge in [-0.1, -0.05) is 6.07 Å². The molecule has 1 fully saturated rings. The van der Waals surface area contributed by atoms with E-state index < -0.39 is 30.0 Å². The minimum atomic E-state index is -2.79. The van der Waals surface area contributed by atoms with E-state index in [9.17, 15) is 32.4 Å². The highest BCUT2D eigenvalue weighted by atomic mass is 32.2. The number of benzene rings is 3. The van der Waals surface area contributed by atoms with Gasteiger partial charge in [-0.2, -0.15) is 0 Å². The van der Waals surface area contributed by atoms with Crippen molar-refractivity contribution in [3.8, 4) is 11.3 Å². The largest absolute Gasteiger partial charge is 0.755 e. The molecule has 1 aromatic heterocycles. The summed E-state index contributed by atoms with van der Waals surface area (Å²) in [5.41, 5.74) is 2.19. The van der Waals surface area contributed by atoms with Gasteiger partial charge in [0.15, 0.2) is 0 Å². The third-order valence-electron chi connectivity index (χ3n) is 6.57. The first-order chi connectivity index (χ1) is 18.2. The Bertz CT molecular complexity index is 1560. The molecule has 0 saturated heterocycles. The molecule has 1 atom stereocenters. The highest BCUT2D eigenvalue weighted by molar-refractivity contribution is 7.80. The zero-order valence-electron chi connectivity index (χ0n) is 20.1. The van der Waals surface area contributed by atoms with Gasteiger partial charge in [-0.3, -0.25) is 13.3 Å². The van der Waals surface area contributed by atoms with Crippen molar-refractivity contribution in [2.24, 2.45) is 0 Å². The summed E-state index contributed by atoms with van der Waals surface area (Å²) in [6.45, 7) is -0.153. The van der Waals surface area contributed by atoms with E-state index in [4.69, 9.17) is 4.42 Å². The first-order valence-electron chi connectivity index (χ1n) is 11.8. The van der Waals surface area contributed by atoms with Crippen molar-refractivity contribution in [1.29, 1.82) is 0 Å². The van der Waals surface area contributed by atoms with Crippen molar-refractivity contribution in [3.63, 3.8) is 0 Å². The van der Waals surface area contributed by atoms with E-state index in [1.165, 1.54) is 37.4 Å². The number of furan rings is 1. The fourth-order valence-corrected chi connectivity index (χ4v) is 5.06. The van der Waals surface area contributed by atoms with Crippen LogP contribution in [0, 0.1) is 11.6 Å². The number of hydrogen-bond donors (Lipinski definition) is 3. The number of nitrogens with one attached hydrogen (secondary N) is 1. The van der Waals surface area contributed by atoms with Crippen molar-refractivity contribution in [1.82, 2.24) is 5.32 Å². The van der Waals surface area contributed by atoms with E-state index in [1.807, 2.05) is 6.07 Å². The number of fused-ring (bicyclic) bond motifs is 1. The van der Waals surface area contributed by atoms with E-state index in [-0.39, 0.29) is 40.8 Å². The van der Waals surface area contributed by atoms with Gasteiger partial charge in [-0.15, -0.1) is 0 Å². The normalized spacial score (nSPS) is 13.9. The van der Waals surface area contributed by atoms with Gasteiger partial charge in [0.05, 0.1) is 17.8 Å². The Morgan fingerprint density at radius 3 is 2.45 bits per heavy atom. The predicted octanol–water partition coefficient (Wildman–Crippen LogP) is 3.10. The van der Waals surface area contributed by atoms with Crippen LogP contribution in [0.1, 0.15) is 40.2 Å². The van der Waals surface area contributed by atoms with Gasteiger partial charge in [-0.25, -0.2) is 8.78 Å². The summed E-state index contributed by atoms with van der Waals surface area (Å²) in [6.07, 6.45) is 1.77. The number of hydrogen-bond acceptors (Lipinski definition) is 6. The maximum Gasteiger partial charge on any atom is 0.491 e. The monoisotopic (exact) mass is 539 g/mol. The van der Waals surface area contributed by atoms with Crippen LogP contribution in [0.25, 0.3) is 22.3 Å². The number of amides is 1. The summed E-state index contributed by atoms with van der Waals surface area (Å²) in [4.78, 5) is 12.9. The van der Waals surface area contributed by atoms with Crippen molar-refractivity contribution < 1.29 is 36.8 Å². The molecular formula is C26H22BF2N2O6S-. The third-order valence-corrected chi connectivity index (χ3v) is 7.27. The van der Waals surface area contributed by atoms with Crippen molar-refractivity contribution in [3.05, 3.63) is 82.9 Å². The van der Waals surface area contributed by atoms with Crippen LogP contribution in [0.15, 0.2) is 59.0 Å². The average Bonchev–Trinajstić information content (AvgIpc) is 3.66. The first kappa shape index (κ1) is 26.0. The lowest BCUT2D eigenvalue weighted by Gasteiger charge is -2.28. The third kappa shape index (κ3) is 4.95. The molecule has 1 aliphatic carbocycles. The standard InChI is InChI=1S/C26H23BF2N2O6S/c1-30-26(32)24-20-12-19(14-2-3-14)16(10-23(20)37-25(24)15-4-6-17(28)7-5-15)13-31(38(35)36)18-8-9-21(27(33)34)22(29)11-18/h4-12,14,33-34H,2-3,13H2,1H3,(H,30,32)(H,35,36)/p-1. The van der Waals surface area contributed by atoms with Crippen LogP contribution in [0.4, 0.5) is 14.5 Å². The number of halogens is 2. The molecule has 3 N–H and O–H groups in total. The van der Waals surface area contributed by atoms with Crippen molar-refractivity contribution >= 4 is 46.4 Å². The fraction of sp³-hybridized carbons (Fsp3) is 0.192. The fourth-order valence-electron chi connectivity index (χ4n) is 4.53. The molecule has 8 nitrogen and oxygen atoms in total. The molecule has 196 valence electrons. The molecular weight excluding hydrogens is 517 g/mol. The Hall–Kier alpha value is -3.58. The topological polar surface area (TPSA) is 126 Å². The van der Waals surface area contributed by atoms with Gasteiger partial charge in [0, 0.05) is 34.7 Å². The molecule has 1 unspecified atom stereocenters. The molecule has 12 heteroatoms. The number of nitrogens with zero attached hydrogens (tertiary/aromatic N) is 1. The molecule has 0 bridgehead atoms. The molecule has 1 saturated carbocycles. The Balaban J connectivity index is 1.63. The van der Waals surface area contributed by atoms with Crippen LogP contribution < -0.4 is 15.1 Å². The minimum Gasteiger partial charge on any atom is -0.755 e. The van der Waals surface area contributed by atoms with E-state index in [0.717, 1.165) is 34.8 Å². The Kier molecular flexibility index (Phi) is 7.06. The van der Waals surface area contributed by atoms with Gasteiger partial charge in [0.25, 0.3) is 5.91 Å². The minimum absolute atomic E-state index is 0.000395. The highest BCUT2D eigenvalue weighted by Crippen LogP contribution is 2.45. The van der Waals surface area contributed by atoms with Crippen LogP contribution >= 0.6 is 0 Å². The summed E-state index contributed by atoms with van der Waals surface area (Å²) in [6, 6.07) is 12.3. The van der Waals surface area contributed by atoms with Gasteiger partial charge >= 0.3 is 7.12 Å². The van der Waals surface area contributed by atoms with Crippen molar-refractivity contribution in [2.45, 2.75) is 25.3 Å². The van der Waals surface area contributed by atoms with Crippen LogP contribution in [0.5, 0.6) is 0 Å². The summed E-state index contributed by atoms with van der Waals surface area (Å²) in [5.74, 6) is -1.38. The van der Waals surface area contributed by atoms with E-state index in [1.54, 1.807) is 6.07 Å². The lowest BCUT2D eigenvalue weighted by Crippen LogP contribution is -2.33. The first-order valence-corrected chi connectivity index (χ1v) is 12.8. The number of rotatable bonds is 8. The van der Waals surface area contributed by atoms with Crippen LogP contribution in [-0.4, -0.2) is 38.9 Å². The summed E-state index contributed by atoms with van der Waals surface area (Å²) in [5, 5.41) is 21.7. The van der Waals surface area contributed by atoms with Crippen LogP contribution in [0.2, 0.25) is 0 Å². The zero-order valence-corrected chi connectivity index (χ0v) is 20.9. The number of carbonyl (C=O) groups excluding carboxylic acids is 1. The van der Waals surface area contributed by atoms with Gasteiger partial charge < -0.3 is 24.3 Å². The smallest absolute Gasteiger partial charge is 0.491 e. The maximum absolute atomic E-state index is 14.4. The predicted molar refractivity (Wildman–Crippen MR) is 138 cm³/mol. The Morgan fingerprint density at radius 2 is 1.87 bits per heavy atom. The molecule has 1 amide bonds. The van der Waals surface area contributed by atoms with Gasteiger partial charge in [-0.05, 0) is 78.4 Å². The van der Waals surface area contributed by atoms with Crippen molar-refractivity contribution in [2.75, 3.05) is 11.4 Å². The van der Waals surface area contributed by atoms with Crippen LogP contribution in [0.3, 0.4) is 0 Å². The van der Waals surface area contributed by atoms with E-state index >= 15 is 0 Å². The molecule has 5 rings (SSSR count). The second-order valence-corrected chi connectivity index (χ2v) is 9.92. The summed E-state index contributed by atoms with van der Waals surface area (Å²) in [7, 11) is -0.546. The molecule has 0 spiro atoms. The quantitative estimate of drug-likeness (QED) is 0.234. The Morgan fingerprint density at radius 1 is 1.16 bits per heavy atom. The highest BCUT2D eigenvalue weighted by Gasteiger charge is 2.30. The lowest BCUT2D eigenvalue weighted by atomic mass is 9.80. The number of carbonyl (C=O) groups is 1. The second-order valence-electron chi connectivity index (χ2n) is 9.05. The molecule has 1 heterocycles. The second kappa shape index (κ2) is 10.3. The van der Waals surface area contributed by atoms with Gasteiger partial charge in [0.1, 0.15) is 23.0 Å². The summed E-state index contributed by atoms with van der Waals surface area (Å²) < 4.78 is 59.4. The molecule has 0 radical (unpaired) electrons. The van der Waals surface area contributed by atoms with Gasteiger partial charge in [0.2, 0.25) is 0 Å². The summed E-state index contributed by atoms with van der Waals surface area (Å²) >= 11 is -2.79. The van der Waals surface area contributed by atoms with E-state index in [2.05, 4.69) is 5.32 Å². The lowest BCUT2D eigenvalue weighted by molar-refractivity contribution is 0.0964. The van der Waals surface area contributed by atoms with E-state index in [0.29, 0.717) is 22.1 Å². The van der Waals surface area contributed by atoms with Crippen LogP contribution in [-0.2, 0) is 17.8 Å². The maximum atomic E-state index is 14.4. The SMILES string of the molecule is CNC(=O)c1c(-c2ccc(F)cc2)oc2cc(CN(c3ccc(B(O)O)c(F)c3)S(=O)[O-])c(C3CC3)cc12. The molecule has 38 heavy (non-hydrogen) atoms.